The summed E-state index contributed by atoms with van der Waals surface area (Å²) in [6.07, 6.45) is 0.304. The Hall–Kier alpha value is -2.44. The molecule has 2 aromatic carbocycles. The maximum Gasteiger partial charge on any atom is 0.255 e. The Morgan fingerprint density at radius 2 is 1.92 bits per heavy atom. The lowest BCUT2D eigenvalue weighted by molar-refractivity contribution is 0.0949. The predicted molar refractivity (Wildman–Crippen MR) is 92.2 cm³/mol. The van der Waals surface area contributed by atoms with Crippen molar-refractivity contribution in [1.82, 2.24) is 15.5 Å². The third-order valence-electron chi connectivity index (χ3n) is 3.38. The van der Waals surface area contributed by atoms with Gasteiger partial charge in [-0.05, 0) is 36.4 Å². The fourth-order valence-electron chi connectivity index (χ4n) is 2.16. The number of nitrogens with one attached hydrogen (secondary N) is 1. The Morgan fingerprint density at radius 3 is 2.64 bits per heavy atom. The van der Waals surface area contributed by atoms with Crippen molar-refractivity contribution in [3.05, 3.63) is 69.8 Å². The molecular weight excluding hydrogens is 368 g/mol. The largest absolute Gasteiger partial charge is 0.351 e. The summed E-state index contributed by atoms with van der Waals surface area (Å²) in [4.78, 5) is 16.3. The summed E-state index contributed by atoms with van der Waals surface area (Å²) in [5.41, 5.74) is 0.582. The van der Waals surface area contributed by atoms with E-state index in [0.29, 0.717) is 23.2 Å². The number of hydrogen-bond donors (Lipinski definition) is 1. The summed E-state index contributed by atoms with van der Waals surface area (Å²) < 4.78 is 18.8. The van der Waals surface area contributed by atoms with Crippen molar-refractivity contribution in [2.24, 2.45) is 0 Å². The summed E-state index contributed by atoms with van der Waals surface area (Å²) in [6, 6.07) is 11.1. The average molecular weight is 380 g/mol. The van der Waals surface area contributed by atoms with Crippen molar-refractivity contribution in [2.45, 2.75) is 6.42 Å². The lowest BCUT2D eigenvalue weighted by atomic mass is 10.2. The van der Waals surface area contributed by atoms with E-state index in [9.17, 15) is 9.18 Å². The molecule has 0 atom stereocenters. The van der Waals surface area contributed by atoms with Crippen molar-refractivity contribution in [3.8, 4) is 11.4 Å². The van der Waals surface area contributed by atoms with Crippen LogP contribution in [0, 0.1) is 5.82 Å². The molecule has 0 aliphatic heterocycles. The molecule has 0 aliphatic rings. The van der Waals surface area contributed by atoms with E-state index >= 15 is 0 Å². The fraction of sp³-hybridized carbons (Fsp3) is 0.118. The molecule has 0 bridgehead atoms. The zero-order valence-electron chi connectivity index (χ0n) is 12.8. The summed E-state index contributed by atoms with van der Waals surface area (Å²) >= 11 is 11.7. The molecule has 0 radical (unpaired) electrons. The number of hydrogen-bond acceptors (Lipinski definition) is 4. The first-order valence-corrected chi connectivity index (χ1v) is 8.11. The summed E-state index contributed by atoms with van der Waals surface area (Å²) in [7, 11) is 0. The van der Waals surface area contributed by atoms with Gasteiger partial charge in [0.2, 0.25) is 11.7 Å². The molecule has 1 aromatic heterocycles. The number of nitrogens with zero attached hydrogens (tertiary/aromatic N) is 2. The van der Waals surface area contributed by atoms with E-state index in [4.69, 9.17) is 27.7 Å². The van der Waals surface area contributed by atoms with Gasteiger partial charge in [0.05, 0.1) is 10.6 Å². The zero-order valence-corrected chi connectivity index (χ0v) is 14.3. The van der Waals surface area contributed by atoms with Crippen LogP contribution in [0.25, 0.3) is 11.4 Å². The van der Waals surface area contributed by atoms with Crippen LogP contribution in [-0.4, -0.2) is 22.6 Å². The van der Waals surface area contributed by atoms with Crippen molar-refractivity contribution >= 4 is 29.1 Å². The van der Waals surface area contributed by atoms with Crippen molar-refractivity contribution in [2.75, 3.05) is 6.54 Å². The molecule has 128 valence electrons. The van der Waals surface area contributed by atoms with Gasteiger partial charge in [0, 0.05) is 23.6 Å². The summed E-state index contributed by atoms with van der Waals surface area (Å²) in [5.74, 6) is -0.492. The maximum atomic E-state index is 13.7. The van der Waals surface area contributed by atoms with E-state index in [1.54, 1.807) is 24.3 Å². The molecule has 3 rings (SSSR count). The zero-order chi connectivity index (χ0) is 17.8. The first kappa shape index (κ1) is 17.4. The van der Waals surface area contributed by atoms with Crippen LogP contribution in [0.4, 0.5) is 4.39 Å². The van der Waals surface area contributed by atoms with Crippen LogP contribution in [0.1, 0.15) is 16.2 Å². The molecule has 1 N–H and O–H groups in total. The number of carbonyl (C=O) groups excluding carboxylic acids is 1. The van der Waals surface area contributed by atoms with Crippen LogP contribution in [0.2, 0.25) is 10.0 Å². The number of carbonyl (C=O) groups is 1. The second kappa shape index (κ2) is 7.63. The average Bonchev–Trinajstić information content (AvgIpc) is 3.04. The van der Waals surface area contributed by atoms with E-state index < -0.39 is 11.7 Å². The minimum Gasteiger partial charge on any atom is -0.351 e. The van der Waals surface area contributed by atoms with Crippen molar-refractivity contribution in [3.63, 3.8) is 0 Å². The van der Waals surface area contributed by atoms with E-state index in [-0.39, 0.29) is 17.1 Å². The van der Waals surface area contributed by atoms with Gasteiger partial charge in [-0.3, -0.25) is 4.79 Å². The number of aromatic nitrogens is 2. The highest BCUT2D eigenvalue weighted by Crippen LogP contribution is 2.20. The van der Waals surface area contributed by atoms with E-state index in [1.807, 2.05) is 0 Å². The second-order valence-corrected chi connectivity index (χ2v) is 5.96. The van der Waals surface area contributed by atoms with Gasteiger partial charge in [0.15, 0.2) is 0 Å². The van der Waals surface area contributed by atoms with E-state index in [2.05, 4.69) is 15.5 Å². The molecule has 5 nitrogen and oxygen atoms in total. The van der Waals surface area contributed by atoms with Gasteiger partial charge in [-0.25, -0.2) is 4.39 Å². The Bertz CT molecular complexity index is 877. The Morgan fingerprint density at radius 1 is 1.16 bits per heavy atom. The van der Waals surface area contributed by atoms with Crippen LogP contribution in [0.3, 0.4) is 0 Å². The van der Waals surface area contributed by atoms with Crippen molar-refractivity contribution in [1.29, 1.82) is 0 Å². The van der Waals surface area contributed by atoms with Gasteiger partial charge in [-0.2, -0.15) is 4.98 Å². The third-order valence-corrected chi connectivity index (χ3v) is 3.95. The molecule has 0 aliphatic carbocycles. The first-order valence-electron chi connectivity index (χ1n) is 7.35. The minimum absolute atomic E-state index is 0.0558. The van der Waals surface area contributed by atoms with Gasteiger partial charge < -0.3 is 9.84 Å². The molecule has 3 aromatic rings. The molecule has 1 heterocycles. The number of amides is 1. The molecule has 0 saturated carbocycles. The Kier molecular flexibility index (Phi) is 5.31. The quantitative estimate of drug-likeness (QED) is 0.722. The smallest absolute Gasteiger partial charge is 0.255 e. The molecule has 0 spiro atoms. The van der Waals surface area contributed by atoms with Crippen LogP contribution >= 0.6 is 23.2 Å². The Labute approximate surface area is 152 Å². The molecule has 0 unspecified atom stereocenters. The topological polar surface area (TPSA) is 68.0 Å². The highest BCUT2D eigenvalue weighted by Gasteiger charge is 2.16. The minimum atomic E-state index is -0.673. The lowest BCUT2D eigenvalue weighted by Crippen LogP contribution is -2.27. The highest BCUT2D eigenvalue weighted by atomic mass is 35.5. The number of halogens is 3. The van der Waals surface area contributed by atoms with Gasteiger partial charge in [-0.1, -0.05) is 34.4 Å². The van der Waals surface area contributed by atoms with Crippen LogP contribution in [0.15, 0.2) is 47.0 Å². The number of rotatable bonds is 5. The monoisotopic (exact) mass is 379 g/mol. The summed E-state index contributed by atoms with van der Waals surface area (Å²) in [6.45, 7) is 0.200. The predicted octanol–water partition coefficient (Wildman–Crippen LogP) is 4.16. The second-order valence-electron chi connectivity index (χ2n) is 5.12. The van der Waals surface area contributed by atoms with Crippen LogP contribution < -0.4 is 5.32 Å². The number of benzene rings is 2. The van der Waals surface area contributed by atoms with E-state index in [1.165, 1.54) is 18.2 Å². The third kappa shape index (κ3) is 4.15. The lowest BCUT2D eigenvalue weighted by Gasteiger charge is -2.06. The van der Waals surface area contributed by atoms with Crippen molar-refractivity contribution < 1.29 is 13.7 Å². The van der Waals surface area contributed by atoms with E-state index in [0.717, 1.165) is 5.56 Å². The highest BCUT2D eigenvalue weighted by molar-refractivity contribution is 6.33. The van der Waals surface area contributed by atoms with Gasteiger partial charge in [0.1, 0.15) is 5.82 Å². The summed E-state index contributed by atoms with van der Waals surface area (Å²) in [5, 5.41) is 7.12. The Balaban J connectivity index is 1.59. The fourth-order valence-corrected chi connectivity index (χ4v) is 2.53. The van der Waals surface area contributed by atoms with Gasteiger partial charge >= 0.3 is 0 Å². The molecule has 1 amide bonds. The molecule has 0 saturated heterocycles. The van der Waals surface area contributed by atoms with Gasteiger partial charge in [0.25, 0.3) is 5.91 Å². The standard InChI is InChI=1S/C17H12Cl2FN3O2/c18-11-6-4-10(5-7-11)16-22-14(25-23-16)8-9-21-17(24)15-12(19)2-1-3-13(15)20/h1-7H,8-9H2,(H,21,24). The van der Waals surface area contributed by atoms with Gasteiger partial charge in [-0.15, -0.1) is 0 Å². The first-order chi connectivity index (χ1) is 12.0. The molecular formula is C17H12Cl2FN3O2. The molecule has 0 fully saturated rings. The maximum absolute atomic E-state index is 13.7. The molecule has 8 heteroatoms. The molecule has 25 heavy (non-hydrogen) atoms. The normalized spacial score (nSPS) is 10.7. The van der Waals surface area contributed by atoms with Crippen LogP contribution in [0.5, 0.6) is 0 Å². The van der Waals surface area contributed by atoms with Crippen LogP contribution in [-0.2, 0) is 6.42 Å². The SMILES string of the molecule is O=C(NCCc1nc(-c2ccc(Cl)cc2)no1)c1c(F)cccc1Cl.